The van der Waals surface area contributed by atoms with Crippen LogP contribution in [0.3, 0.4) is 0 Å². The molecule has 1 heterocycles. The van der Waals surface area contributed by atoms with E-state index in [9.17, 15) is 4.79 Å². The normalized spacial score (nSPS) is 10.6. The monoisotopic (exact) mass is 360 g/mol. The first-order valence-electron chi connectivity index (χ1n) is 7.22. The average molecular weight is 361 g/mol. The number of halogens is 2. The van der Waals surface area contributed by atoms with Gasteiger partial charge in [0.2, 0.25) is 5.95 Å². The fraction of sp³-hybridized carbons (Fsp3) is 0.118. The smallest absolute Gasteiger partial charge is 0.258 e. The lowest BCUT2D eigenvalue weighted by atomic mass is 10.1. The Morgan fingerprint density at radius 3 is 2.75 bits per heavy atom. The first-order valence-corrected chi connectivity index (χ1v) is 7.98. The molecule has 3 aromatic rings. The second-order valence-corrected chi connectivity index (χ2v) is 6.15. The van der Waals surface area contributed by atoms with Crippen LogP contribution >= 0.6 is 23.2 Å². The quantitative estimate of drug-likeness (QED) is 0.758. The fourth-order valence-electron chi connectivity index (χ4n) is 2.21. The van der Waals surface area contributed by atoms with Crippen molar-refractivity contribution in [2.24, 2.45) is 0 Å². The number of hydrogen-bond donors (Lipinski definition) is 1. The van der Waals surface area contributed by atoms with Crippen molar-refractivity contribution >= 4 is 35.1 Å². The Bertz CT molecular complexity index is 892. The van der Waals surface area contributed by atoms with Gasteiger partial charge in [-0.25, -0.2) is 9.67 Å². The summed E-state index contributed by atoms with van der Waals surface area (Å²) in [5.41, 5.74) is 2.52. The molecule has 0 fully saturated rings. The molecule has 0 radical (unpaired) electrons. The van der Waals surface area contributed by atoms with Crippen LogP contribution in [0.5, 0.6) is 0 Å². The molecule has 7 heteroatoms. The van der Waals surface area contributed by atoms with Crippen molar-refractivity contribution in [3.05, 3.63) is 75.5 Å². The van der Waals surface area contributed by atoms with E-state index in [-0.39, 0.29) is 11.9 Å². The van der Waals surface area contributed by atoms with Crippen molar-refractivity contribution in [2.75, 3.05) is 5.32 Å². The number of hydrogen-bond acceptors (Lipinski definition) is 3. The maximum atomic E-state index is 12.2. The summed E-state index contributed by atoms with van der Waals surface area (Å²) in [7, 11) is 0. The number of aromatic nitrogens is 3. The van der Waals surface area contributed by atoms with Crippen LogP contribution in [0.4, 0.5) is 5.95 Å². The minimum Gasteiger partial charge on any atom is -0.289 e. The molecule has 122 valence electrons. The molecule has 2 aromatic carbocycles. The molecule has 0 spiro atoms. The fourth-order valence-corrected chi connectivity index (χ4v) is 2.53. The Morgan fingerprint density at radius 1 is 1.17 bits per heavy atom. The summed E-state index contributed by atoms with van der Waals surface area (Å²) in [6, 6.07) is 12.7. The standard InChI is InChI=1S/C17H14Cl2N4O/c1-11-3-2-4-13(7-11)16(24)21-17-20-10-23(22-17)9-12-5-6-14(18)15(19)8-12/h2-8,10H,9H2,1H3,(H,21,22,24). The minimum atomic E-state index is -0.244. The van der Waals surface area contributed by atoms with Crippen LogP contribution in [-0.4, -0.2) is 20.7 Å². The number of anilines is 1. The van der Waals surface area contributed by atoms with Gasteiger partial charge in [0.15, 0.2) is 0 Å². The van der Waals surface area contributed by atoms with Crippen LogP contribution in [0.15, 0.2) is 48.8 Å². The predicted molar refractivity (Wildman–Crippen MR) is 94.7 cm³/mol. The van der Waals surface area contributed by atoms with E-state index in [1.807, 2.05) is 31.2 Å². The van der Waals surface area contributed by atoms with Crippen molar-refractivity contribution in [3.63, 3.8) is 0 Å². The van der Waals surface area contributed by atoms with E-state index in [2.05, 4.69) is 15.4 Å². The molecular formula is C17H14Cl2N4O. The summed E-state index contributed by atoms with van der Waals surface area (Å²) in [5, 5.41) is 7.92. The van der Waals surface area contributed by atoms with Crippen molar-refractivity contribution in [1.82, 2.24) is 14.8 Å². The second kappa shape index (κ2) is 7.03. The van der Waals surface area contributed by atoms with Crippen LogP contribution in [0.25, 0.3) is 0 Å². The van der Waals surface area contributed by atoms with Crippen LogP contribution in [0.1, 0.15) is 21.5 Å². The van der Waals surface area contributed by atoms with Gasteiger partial charge in [-0.2, -0.15) is 0 Å². The van der Waals surface area contributed by atoms with Crippen LogP contribution < -0.4 is 5.32 Å². The number of benzene rings is 2. The van der Waals surface area contributed by atoms with Crippen LogP contribution in [0.2, 0.25) is 10.0 Å². The molecule has 0 unspecified atom stereocenters. The molecule has 24 heavy (non-hydrogen) atoms. The van der Waals surface area contributed by atoms with Gasteiger partial charge in [-0.1, -0.05) is 47.0 Å². The molecule has 1 amide bonds. The van der Waals surface area contributed by atoms with E-state index >= 15 is 0 Å². The third kappa shape index (κ3) is 3.93. The molecule has 1 N–H and O–H groups in total. The van der Waals surface area contributed by atoms with Gasteiger partial charge < -0.3 is 0 Å². The highest BCUT2D eigenvalue weighted by atomic mass is 35.5. The topological polar surface area (TPSA) is 59.8 Å². The largest absolute Gasteiger partial charge is 0.289 e. The van der Waals surface area contributed by atoms with Crippen molar-refractivity contribution < 1.29 is 4.79 Å². The number of rotatable bonds is 4. The number of carbonyl (C=O) groups is 1. The number of aryl methyl sites for hydroxylation is 1. The summed E-state index contributed by atoms with van der Waals surface area (Å²) in [5.74, 6) is 0.00699. The molecule has 5 nitrogen and oxygen atoms in total. The molecule has 0 aliphatic heterocycles. The SMILES string of the molecule is Cc1cccc(C(=O)Nc2ncn(Cc3ccc(Cl)c(Cl)c3)n2)c1. The Kier molecular flexibility index (Phi) is 4.83. The first kappa shape index (κ1) is 16.5. The van der Waals surface area contributed by atoms with E-state index in [0.29, 0.717) is 22.2 Å². The number of amides is 1. The second-order valence-electron chi connectivity index (χ2n) is 5.34. The summed E-state index contributed by atoms with van der Waals surface area (Å²) in [6.45, 7) is 2.41. The molecule has 0 bridgehead atoms. The highest BCUT2D eigenvalue weighted by Crippen LogP contribution is 2.22. The van der Waals surface area contributed by atoms with Crippen molar-refractivity contribution in [2.45, 2.75) is 13.5 Å². The van der Waals surface area contributed by atoms with Gasteiger partial charge in [-0.15, -0.1) is 5.10 Å². The Balaban J connectivity index is 1.69. The number of carbonyl (C=O) groups excluding carboxylic acids is 1. The third-order valence-electron chi connectivity index (χ3n) is 3.37. The van der Waals surface area contributed by atoms with Crippen LogP contribution in [0, 0.1) is 6.92 Å². The van der Waals surface area contributed by atoms with E-state index in [1.165, 1.54) is 0 Å². The lowest BCUT2D eigenvalue weighted by Crippen LogP contribution is -2.13. The zero-order valence-electron chi connectivity index (χ0n) is 12.8. The zero-order valence-corrected chi connectivity index (χ0v) is 14.3. The Morgan fingerprint density at radius 2 is 2.00 bits per heavy atom. The lowest BCUT2D eigenvalue weighted by Gasteiger charge is -2.03. The van der Waals surface area contributed by atoms with Gasteiger partial charge >= 0.3 is 0 Å². The molecule has 0 aliphatic carbocycles. The molecule has 1 aromatic heterocycles. The van der Waals surface area contributed by atoms with Gasteiger partial charge in [-0.05, 0) is 36.8 Å². The van der Waals surface area contributed by atoms with Gasteiger partial charge in [0.05, 0.1) is 16.6 Å². The number of nitrogens with one attached hydrogen (secondary N) is 1. The summed E-state index contributed by atoms with van der Waals surface area (Å²) in [6.07, 6.45) is 1.55. The zero-order chi connectivity index (χ0) is 17.1. The highest BCUT2D eigenvalue weighted by Gasteiger charge is 2.09. The lowest BCUT2D eigenvalue weighted by molar-refractivity contribution is 0.102. The van der Waals surface area contributed by atoms with Crippen molar-refractivity contribution in [1.29, 1.82) is 0 Å². The third-order valence-corrected chi connectivity index (χ3v) is 4.11. The van der Waals surface area contributed by atoms with Gasteiger partial charge in [0.25, 0.3) is 5.91 Å². The first-order chi connectivity index (χ1) is 11.5. The highest BCUT2D eigenvalue weighted by molar-refractivity contribution is 6.42. The van der Waals surface area contributed by atoms with Crippen molar-refractivity contribution in [3.8, 4) is 0 Å². The molecule has 0 aliphatic rings. The predicted octanol–water partition coefficient (Wildman–Crippen LogP) is 4.19. The molecular weight excluding hydrogens is 347 g/mol. The molecule has 0 atom stereocenters. The van der Waals surface area contributed by atoms with E-state index in [4.69, 9.17) is 23.2 Å². The van der Waals surface area contributed by atoms with Gasteiger partial charge in [-0.3, -0.25) is 10.1 Å². The van der Waals surface area contributed by atoms with Gasteiger partial charge in [0.1, 0.15) is 6.33 Å². The average Bonchev–Trinajstić information content (AvgIpc) is 2.98. The maximum absolute atomic E-state index is 12.2. The van der Waals surface area contributed by atoms with E-state index in [0.717, 1.165) is 11.1 Å². The minimum absolute atomic E-state index is 0.244. The Labute approximate surface area is 149 Å². The molecule has 3 rings (SSSR count). The molecule has 0 saturated heterocycles. The van der Waals surface area contributed by atoms with E-state index in [1.54, 1.807) is 29.2 Å². The van der Waals surface area contributed by atoms with E-state index < -0.39 is 0 Å². The van der Waals surface area contributed by atoms with Gasteiger partial charge in [0, 0.05) is 5.56 Å². The van der Waals surface area contributed by atoms with Crippen LogP contribution in [-0.2, 0) is 6.54 Å². The Hall–Kier alpha value is -2.37. The summed E-state index contributed by atoms with van der Waals surface area (Å²) < 4.78 is 1.62. The summed E-state index contributed by atoms with van der Waals surface area (Å²) in [4.78, 5) is 16.3. The molecule has 0 saturated carbocycles. The number of nitrogens with zero attached hydrogens (tertiary/aromatic N) is 3. The maximum Gasteiger partial charge on any atom is 0.258 e. The summed E-state index contributed by atoms with van der Waals surface area (Å²) >= 11 is 11.9.